The zero-order chi connectivity index (χ0) is 18.3. The Morgan fingerprint density at radius 3 is 2.68 bits per heavy atom. The van der Waals surface area contributed by atoms with Crippen molar-refractivity contribution in [1.29, 1.82) is 0 Å². The maximum absolute atomic E-state index is 12.4. The highest BCUT2D eigenvalue weighted by Gasteiger charge is 2.31. The quantitative estimate of drug-likeness (QED) is 0.659. The number of hydrogen-bond acceptors (Lipinski definition) is 4. The van der Waals surface area contributed by atoms with Gasteiger partial charge in [-0.2, -0.15) is 0 Å². The van der Waals surface area contributed by atoms with Crippen molar-refractivity contribution in [3.63, 3.8) is 0 Å². The van der Waals surface area contributed by atoms with Crippen molar-refractivity contribution in [1.82, 2.24) is 14.5 Å². The van der Waals surface area contributed by atoms with Crippen LogP contribution < -0.4 is 5.32 Å². The Hall–Kier alpha value is -0.660. The molecule has 2 heterocycles. The van der Waals surface area contributed by atoms with Gasteiger partial charge in [-0.25, -0.2) is 12.7 Å². The second-order valence-electron chi connectivity index (χ2n) is 7.54. The van der Waals surface area contributed by atoms with E-state index in [1.54, 1.807) is 0 Å². The van der Waals surface area contributed by atoms with Crippen molar-refractivity contribution in [3.05, 3.63) is 0 Å². The molecule has 0 aromatic carbocycles. The zero-order valence-electron chi connectivity index (χ0n) is 15.9. The summed E-state index contributed by atoms with van der Waals surface area (Å²) in [5.41, 5.74) is 0. The van der Waals surface area contributed by atoms with Crippen LogP contribution in [-0.2, 0) is 14.8 Å². The molecule has 146 valence electrons. The lowest BCUT2D eigenvalue weighted by molar-refractivity contribution is -0.126. The first-order valence-electron chi connectivity index (χ1n) is 9.93. The second kappa shape index (κ2) is 9.88. The highest BCUT2D eigenvalue weighted by molar-refractivity contribution is 7.89. The van der Waals surface area contributed by atoms with Crippen LogP contribution in [0.4, 0.5) is 0 Å². The van der Waals surface area contributed by atoms with Crippen LogP contribution >= 0.6 is 0 Å². The van der Waals surface area contributed by atoms with Crippen LogP contribution in [0.2, 0.25) is 0 Å². The van der Waals surface area contributed by atoms with Gasteiger partial charge in [-0.15, -0.1) is 0 Å². The molecule has 2 atom stereocenters. The normalized spacial score (nSPS) is 26.5. The number of amides is 1. The maximum atomic E-state index is 12.4. The Morgan fingerprint density at radius 1 is 1.16 bits per heavy atom. The predicted octanol–water partition coefficient (Wildman–Crippen LogP) is 1.82. The summed E-state index contributed by atoms with van der Waals surface area (Å²) in [6, 6.07) is 0.653. The van der Waals surface area contributed by atoms with Gasteiger partial charge < -0.3 is 10.2 Å². The fraction of sp³-hybridized carbons (Fsp3) is 0.944. The van der Waals surface area contributed by atoms with E-state index < -0.39 is 10.0 Å². The van der Waals surface area contributed by atoms with Crippen LogP contribution in [0.25, 0.3) is 0 Å². The number of nitrogens with zero attached hydrogens (tertiary/aromatic N) is 2. The summed E-state index contributed by atoms with van der Waals surface area (Å²) in [5, 5.41) is 3.02. The molecule has 2 saturated heterocycles. The molecule has 25 heavy (non-hydrogen) atoms. The molecule has 0 saturated carbocycles. The van der Waals surface area contributed by atoms with Gasteiger partial charge >= 0.3 is 0 Å². The number of rotatable bonds is 8. The van der Waals surface area contributed by atoms with E-state index in [9.17, 15) is 13.2 Å². The van der Waals surface area contributed by atoms with Gasteiger partial charge in [0.1, 0.15) is 0 Å². The lowest BCUT2D eigenvalue weighted by Gasteiger charge is -2.33. The van der Waals surface area contributed by atoms with Gasteiger partial charge in [-0.1, -0.05) is 13.3 Å². The minimum Gasteiger partial charge on any atom is -0.356 e. The molecule has 0 aromatic rings. The van der Waals surface area contributed by atoms with Crippen LogP contribution in [-0.4, -0.2) is 68.0 Å². The zero-order valence-corrected chi connectivity index (χ0v) is 16.7. The van der Waals surface area contributed by atoms with Gasteiger partial charge in [0.2, 0.25) is 15.9 Å². The van der Waals surface area contributed by atoms with Gasteiger partial charge in [0, 0.05) is 32.2 Å². The highest BCUT2D eigenvalue weighted by atomic mass is 32.2. The van der Waals surface area contributed by atoms with Crippen LogP contribution in [0, 0.1) is 5.92 Å². The fourth-order valence-electron chi connectivity index (χ4n) is 3.92. The first-order chi connectivity index (χ1) is 11.9. The van der Waals surface area contributed by atoms with E-state index in [0.29, 0.717) is 32.1 Å². The minimum absolute atomic E-state index is 0.0168. The molecule has 7 heteroatoms. The molecule has 0 bridgehead atoms. The molecule has 1 N–H and O–H groups in total. The topological polar surface area (TPSA) is 69.7 Å². The number of piperidine rings is 2. The van der Waals surface area contributed by atoms with E-state index in [4.69, 9.17) is 0 Å². The molecule has 0 radical (unpaired) electrons. The monoisotopic (exact) mass is 373 g/mol. The molecular formula is C18H35N3O3S. The minimum atomic E-state index is -3.20. The average Bonchev–Trinajstić information content (AvgIpc) is 2.60. The lowest BCUT2D eigenvalue weighted by Crippen LogP contribution is -2.46. The Labute approximate surface area is 153 Å². The summed E-state index contributed by atoms with van der Waals surface area (Å²) in [6.45, 7) is 7.93. The Morgan fingerprint density at radius 2 is 1.96 bits per heavy atom. The number of nitrogens with one attached hydrogen (secondary N) is 1. The van der Waals surface area contributed by atoms with Gasteiger partial charge in [0.05, 0.1) is 11.7 Å². The third kappa shape index (κ3) is 6.22. The van der Waals surface area contributed by atoms with Crippen molar-refractivity contribution in [2.45, 2.75) is 64.8 Å². The second-order valence-corrected chi connectivity index (χ2v) is 9.63. The summed E-state index contributed by atoms with van der Waals surface area (Å²) >= 11 is 0. The Balaban J connectivity index is 1.71. The summed E-state index contributed by atoms with van der Waals surface area (Å²) in [5.74, 6) is -0.00703. The number of likely N-dealkylation sites (tertiary alicyclic amines) is 1. The van der Waals surface area contributed by atoms with Crippen molar-refractivity contribution in [2.75, 3.05) is 38.5 Å². The molecule has 0 spiro atoms. The molecule has 2 aliphatic heterocycles. The molecule has 0 aliphatic carbocycles. The standard InChI is InChI=1S/C18H35N3O3S/c1-3-14-25(23,24)21-13-6-9-17(15-21)18(22)19-10-7-12-20-11-5-4-8-16(20)2/h16-17H,3-15H2,1-2H3,(H,19,22)/t16-,17+/m0/s1. The Kier molecular flexibility index (Phi) is 8.16. The lowest BCUT2D eigenvalue weighted by atomic mass is 9.99. The Bertz CT molecular complexity index is 524. The molecule has 0 aromatic heterocycles. The predicted molar refractivity (Wildman–Crippen MR) is 101 cm³/mol. The van der Waals surface area contributed by atoms with E-state index >= 15 is 0 Å². The van der Waals surface area contributed by atoms with Gasteiger partial charge in [0.25, 0.3) is 0 Å². The first kappa shape index (κ1) is 20.6. The molecule has 6 nitrogen and oxygen atoms in total. The molecule has 2 aliphatic rings. The summed E-state index contributed by atoms with van der Waals surface area (Å²) in [7, 11) is -3.20. The van der Waals surface area contributed by atoms with Gasteiger partial charge in [-0.3, -0.25) is 4.79 Å². The third-order valence-electron chi connectivity index (χ3n) is 5.47. The van der Waals surface area contributed by atoms with Crippen molar-refractivity contribution in [2.24, 2.45) is 5.92 Å². The molecular weight excluding hydrogens is 338 g/mol. The van der Waals surface area contributed by atoms with Crippen LogP contribution in [0.15, 0.2) is 0 Å². The number of carbonyl (C=O) groups is 1. The third-order valence-corrected chi connectivity index (χ3v) is 7.51. The number of hydrogen-bond donors (Lipinski definition) is 1. The largest absolute Gasteiger partial charge is 0.356 e. The number of carbonyl (C=O) groups excluding carboxylic acids is 1. The molecule has 1 amide bonds. The van der Waals surface area contributed by atoms with Crippen LogP contribution in [0.5, 0.6) is 0 Å². The summed E-state index contributed by atoms with van der Waals surface area (Å²) in [4.78, 5) is 14.9. The van der Waals surface area contributed by atoms with Crippen molar-refractivity contribution in [3.8, 4) is 0 Å². The van der Waals surface area contributed by atoms with Crippen molar-refractivity contribution < 1.29 is 13.2 Å². The summed E-state index contributed by atoms with van der Waals surface area (Å²) < 4.78 is 25.9. The highest BCUT2D eigenvalue weighted by Crippen LogP contribution is 2.20. The van der Waals surface area contributed by atoms with E-state index in [0.717, 1.165) is 25.8 Å². The number of sulfonamides is 1. The smallest absolute Gasteiger partial charge is 0.224 e. The molecule has 2 rings (SSSR count). The van der Waals surface area contributed by atoms with E-state index in [1.807, 2.05) is 6.92 Å². The van der Waals surface area contributed by atoms with E-state index in [2.05, 4.69) is 17.1 Å². The van der Waals surface area contributed by atoms with E-state index in [1.165, 1.54) is 30.1 Å². The van der Waals surface area contributed by atoms with E-state index in [-0.39, 0.29) is 17.6 Å². The SMILES string of the molecule is CCCS(=O)(=O)N1CCC[C@@H](C(=O)NCCCN2CCCC[C@@H]2C)C1. The van der Waals surface area contributed by atoms with Gasteiger partial charge in [-0.05, 0) is 52.0 Å². The fourth-order valence-corrected chi connectivity index (χ4v) is 5.51. The molecule has 0 unspecified atom stereocenters. The van der Waals surface area contributed by atoms with Crippen molar-refractivity contribution >= 4 is 15.9 Å². The maximum Gasteiger partial charge on any atom is 0.224 e. The first-order valence-corrected chi connectivity index (χ1v) is 11.5. The van der Waals surface area contributed by atoms with Gasteiger partial charge in [0.15, 0.2) is 0 Å². The van der Waals surface area contributed by atoms with Crippen LogP contribution in [0.3, 0.4) is 0 Å². The summed E-state index contributed by atoms with van der Waals surface area (Å²) in [6.07, 6.45) is 7.01. The van der Waals surface area contributed by atoms with Crippen LogP contribution in [0.1, 0.15) is 58.8 Å². The molecule has 2 fully saturated rings. The average molecular weight is 374 g/mol.